The van der Waals surface area contributed by atoms with E-state index >= 15 is 0 Å². The quantitative estimate of drug-likeness (QED) is 0.528. The molecule has 9 heteroatoms. The van der Waals surface area contributed by atoms with Crippen molar-refractivity contribution in [3.8, 4) is 0 Å². The molecule has 2 fully saturated rings. The van der Waals surface area contributed by atoms with E-state index in [2.05, 4.69) is 0 Å². The first kappa shape index (κ1) is 13.9. The molecule has 9 nitrogen and oxygen atoms in total. The number of rotatable bonds is 1. The van der Waals surface area contributed by atoms with E-state index in [4.69, 9.17) is 5.11 Å². The zero-order valence-electron chi connectivity index (χ0n) is 10.0. The SMILES string of the molecule is CN1CC(=O)N(C)C1=O.O=C1CN(CO)C(=O)N1. The van der Waals surface area contributed by atoms with Crippen LogP contribution in [0.4, 0.5) is 9.59 Å². The van der Waals surface area contributed by atoms with E-state index in [9.17, 15) is 19.2 Å². The molecule has 2 aliphatic heterocycles. The summed E-state index contributed by atoms with van der Waals surface area (Å²) in [4.78, 5) is 45.7. The van der Waals surface area contributed by atoms with Crippen molar-refractivity contribution < 1.29 is 24.3 Å². The highest BCUT2D eigenvalue weighted by molar-refractivity contribution is 6.02. The lowest BCUT2D eigenvalue weighted by molar-refractivity contribution is -0.124. The molecule has 2 saturated heterocycles. The summed E-state index contributed by atoms with van der Waals surface area (Å²) in [5.74, 6) is -0.503. The predicted molar refractivity (Wildman–Crippen MR) is 58.1 cm³/mol. The first-order chi connectivity index (χ1) is 8.36. The van der Waals surface area contributed by atoms with Crippen LogP contribution in [0, 0.1) is 0 Å². The first-order valence-corrected chi connectivity index (χ1v) is 5.08. The number of imide groups is 2. The van der Waals surface area contributed by atoms with Gasteiger partial charge < -0.3 is 10.0 Å². The summed E-state index contributed by atoms with van der Waals surface area (Å²) in [5, 5.41) is 10.4. The van der Waals surface area contributed by atoms with Gasteiger partial charge in [-0.15, -0.1) is 0 Å². The molecule has 0 aromatic carbocycles. The minimum atomic E-state index is -0.525. The third kappa shape index (κ3) is 2.94. The summed E-state index contributed by atoms with van der Waals surface area (Å²) in [5.41, 5.74) is 0. The van der Waals surface area contributed by atoms with Crippen molar-refractivity contribution in [1.82, 2.24) is 20.0 Å². The standard InChI is InChI=1S/C5H8N2O2.C4H6N2O3/c1-6-3-4(8)7(2)5(6)9;7-2-6-1-3(8)5-4(6)9/h3H2,1-2H3;7H,1-2H2,(H,5,8,9). The Morgan fingerprint density at radius 3 is 1.94 bits per heavy atom. The van der Waals surface area contributed by atoms with Crippen molar-refractivity contribution in [2.24, 2.45) is 0 Å². The fourth-order valence-electron chi connectivity index (χ4n) is 1.34. The average molecular weight is 258 g/mol. The van der Waals surface area contributed by atoms with Crippen molar-refractivity contribution in [3.63, 3.8) is 0 Å². The molecular weight excluding hydrogens is 244 g/mol. The molecule has 0 spiro atoms. The third-order valence-electron chi connectivity index (χ3n) is 2.40. The maximum absolute atomic E-state index is 10.7. The van der Waals surface area contributed by atoms with Gasteiger partial charge >= 0.3 is 12.1 Å². The number of hydrogen-bond donors (Lipinski definition) is 2. The molecule has 2 rings (SSSR count). The van der Waals surface area contributed by atoms with Crippen LogP contribution >= 0.6 is 0 Å². The van der Waals surface area contributed by atoms with Crippen LogP contribution in [0.15, 0.2) is 0 Å². The summed E-state index contributed by atoms with van der Waals surface area (Å²) >= 11 is 0. The summed E-state index contributed by atoms with van der Waals surface area (Å²) in [6.45, 7) is -0.220. The van der Waals surface area contributed by atoms with Crippen LogP contribution < -0.4 is 5.32 Å². The largest absolute Gasteiger partial charge is 0.376 e. The molecule has 100 valence electrons. The van der Waals surface area contributed by atoms with E-state index in [0.717, 1.165) is 9.80 Å². The number of amides is 6. The van der Waals surface area contributed by atoms with Gasteiger partial charge in [-0.05, 0) is 0 Å². The van der Waals surface area contributed by atoms with Crippen LogP contribution in [0.25, 0.3) is 0 Å². The molecule has 0 unspecified atom stereocenters. The molecule has 2 heterocycles. The lowest BCUT2D eigenvalue weighted by atomic mass is 10.6. The minimum absolute atomic E-state index is 0.0324. The number of aliphatic hydroxyl groups excluding tert-OH is 1. The fourth-order valence-corrected chi connectivity index (χ4v) is 1.34. The Hall–Kier alpha value is -2.16. The lowest BCUT2D eigenvalue weighted by Crippen LogP contribution is -2.28. The second-order valence-corrected chi connectivity index (χ2v) is 3.78. The van der Waals surface area contributed by atoms with Crippen LogP contribution in [0.2, 0.25) is 0 Å². The van der Waals surface area contributed by atoms with Gasteiger partial charge in [0, 0.05) is 14.1 Å². The zero-order chi connectivity index (χ0) is 13.9. The first-order valence-electron chi connectivity index (χ1n) is 5.08. The minimum Gasteiger partial charge on any atom is -0.376 e. The molecule has 0 aliphatic carbocycles. The normalized spacial score (nSPS) is 19.2. The summed E-state index contributed by atoms with van der Waals surface area (Å²) in [6.07, 6.45) is 0. The maximum Gasteiger partial charge on any atom is 0.326 e. The lowest BCUT2D eigenvalue weighted by Gasteiger charge is -2.05. The monoisotopic (exact) mass is 258 g/mol. The van der Waals surface area contributed by atoms with Crippen molar-refractivity contribution in [2.75, 3.05) is 33.9 Å². The highest BCUT2D eigenvalue weighted by Crippen LogP contribution is 2.02. The smallest absolute Gasteiger partial charge is 0.326 e. The molecule has 0 bridgehead atoms. The van der Waals surface area contributed by atoms with Crippen LogP contribution in [0.5, 0.6) is 0 Å². The van der Waals surface area contributed by atoms with E-state index in [0.29, 0.717) is 0 Å². The summed E-state index contributed by atoms with van der Waals surface area (Å²) in [6, 6.07) is -0.748. The molecule has 0 saturated carbocycles. The number of nitrogens with zero attached hydrogens (tertiary/aromatic N) is 3. The van der Waals surface area contributed by atoms with Gasteiger partial charge in [0.15, 0.2) is 0 Å². The van der Waals surface area contributed by atoms with E-state index in [-0.39, 0.29) is 30.9 Å². The topological polar surface area (TPSA) is 110 Å². The van der Waals surface area contributed by atoms with Crippen LogP contribution in [0.3, 0.4) is 0 Å². The molecular formula is C9H14N4O5. The Kier molecular flexibility index (Phi) is 4.21. The molecule has 2 aliphatic rings. The van der Waals surface area contributed by atoms with Gasteiger partial charge in [0.05, 0.1) is 0 Å². The van der Waals surface area contributed by atoms with E-state index in [1.54, 1.807) is 7.05 Å². The van der Waals surface area contributed by atoms with Crippen LogP contribution in [-0.4, -0.2) is 77.6 Å². The zero-order valence-corrected chi connectivity index (χ0v) is 10.0. The molecule has 6 amide bonds. The van der Waals surface area contributed by atoms with Gasteiger partial charge in [-0.25, -0.2) is 9.59 Å². The number of likely N-dealkylation sites (N-methyl/N-ethyl adjacent to an activating group) is 2. The van der Waals surface area contributed by atoms with Gasteiger partial charge in [-0.3, -0.25) is 24.7 Å². The van der Waals surface area contributed by atoms with Gasteiger partial charge in [-0.2, -0.15) is 0 Å². The third-order valence-corrected chi connectivity index (χ3v) is 2.40. The Morgan fingerprint density at radius 2 is 1.78 bits per heavy atom. The van der Waals surface area contributed by atoms with Crippen molar-refractivity contribution in [2.45, 2.75) is 0 Å². The van der Waals surface area contributed by atoms with Crippen molar-refractivity contribution in [3.05, 3.63) is 0 Å². The number of nitrogens with one attached hydrogen (secondary N) is 1. The number of carbonyl (C=O) groups is 4. The fraction of sp³-hybridized carbons (Fsp3) is 0.556. The van der Waals surface area contributed by atoms with Gasteiger partial charge in [0.1, 0.15) is 19.8 Å². The second kappa shape index (κ2) is 5.45. The van der Waals surface area contributed by atoms with Crippen molar-refractivity contribution >= 4 is 23.9 Å². The second-order valence-electron chi connectivity index (χ2n) is 3.78. The van der Waals surface area contributed by atoms with E-state index in [1.807, 2.05) is 5.32 Å². The predicted octanol–water partition coefficient (Wildman–Crippen LogP) is -2.00. The van der Waals surface area contributed by atoms with Gasteiger partial charge in [-0.1, -0.05) is 0 Å². The highest BCUT2D eigenvalue weighted by Gasteiger charge is 2.29. The number of urea groups is 2. The highest BCUT2D eigenvalue weighted by atomic mass is 16.3. The molecule has 0 atom stereocenters. The Morgan fingerprint density at radius 1 is 1.17 bits per heavy atom. The molecule has 0 aromatic heterocycles. The van der Waals surface area contributed by atoms with Gasteiger partial charge in [0.2, 0.25) is 11.8 Å². The number of carbonyl (C=O) groups excluding carboxylic acids is 4. The van der Waals surface area contributed by atoms with Gasteiger partial charge in [0.25, 0.3) is 0 Å². The van der Waals surface area contributed by atoms with Crippen LogP contribution in [0.1, 0.15) is 0 Å². The van der Waals surface area contributed by atoms with E-state index in [1.165, 1.54) is 11.9 Å². The van der Waals surface area contributed by atoms with Crippen molar-refractivity contribution in [1.29, 1.82) is 0 Å². The Balaban J connectivity index is 0.000000180. The maximum atomic E-state index is 10.7. The number of aliphatic hydroxyl groups is 1. The van der Waals surface area contributed by atoms with Crippen LogP contribution in [-0.2, 0) is 9.59 Å². The summed E-state index contributed by atoms with van der Waals surface area (Å²) < 4.78 is 0. The Bertz CT molecular complexity index is 394. The number of hydrogen-bond acceptors (Lipinski definition) is 5. The molecule has 18 heavy (non-hydrogen) atoms. The molecule has 0 radical (unpaired) electrons. The van der Waals surface area contributed by atoms with E-state index < -0.39 is 12.8 Å². The average Bonchev–Trinajstić information content (AvgIpc) is 2.75. The molecule has 0 aromatic rings. The Labute approximate surface area is 103 Å². The molecule has 2 N–H and O–H groups in total. The summed E-state index contributed by atoms with van der Waals surface area (Å²) in [7, 11) is 3.08.